The highest BCUT2D eigenvalue weighted by atomic mass is 16.5. The van der Waals surface area contributed by atoms with Crippen LogP contribution in [-0.2, 0) is 0 Å². The summed E-state index contributed by atoms with van der Waals surface area (Å²) in [6.45, 7) is 3.40. The molecule has 0 aliphatic carbocycles. The third kappa shape index (κ3) is 4.21. The molecule has 0 aliphatic rings. The number of phenolic OH excluding ortho intramolecular Hbond substituents is 1. The first-order valence-electron chi connectivity index (χ1n) is 5.38. The lowest BCUT2D eigenvalue weighted by atomic mass is 10.1. The van der Waals surface area contributed by atoms with Crippen LogP contribution in [0.25, 0.3) is 0 Å². The van der Waals surface area contributed by atoms with Crippen molar-refractivity contribution in [2.24, 2.45) is 11.7 Å². The second-order valence-electron chi connectivity index (χ2n) is 3.70. The minimum atomic E-state index is 0.229. The van der Waals surface area contributed by atoms with Crippen molar-refractivity contribution in [1.82, 2.24) is 0 Å². The van der Waals surface area contributed by atoms with Crippen molar-refractivity contribution in [3.8, 4) is 11.5 Å². The standard InChI is InChI=1S/C12H19NO2/c1-2-4-10(8-13)9-15-12-6-3-5-11(14)7-12/h3,5-7,10,14H,2,4,8-9,13H2,1H3. The van der Waals surface area contributed by atoms with Crippen LogP contribution in [0.1, 0.15) is 19.8 Å². The molecule has 0 fully saturated rings. The summed E-state index contributed by atoms with van der Waals surface area (Å²) in [6.07, 6.45) is 2.20. The molecule has 0 spiro atoms. The molecule has 0 aromatic heterocycles. The summed E-state index contributed by atoms with van der Waals surface area (Å²) in [7, 11) is 0. The average Bonchev–Trinajstić information content (AvgIpc) is 2.24. The summed E-state index contributed by atoms with van der Waals surface area (Å²) in [5.74, 6) is 1.33. The molecule has 0 bridgehead atoms. The van der Waals surface area contributed by atoms with Crippen LogP contribution in [0.15, 0.2) is 24.3 Å². The Morgan fingerprint density at radius 2 is 2.27 bits per heavy atom. The van der Waals surface area contributed by atoms with Gasteiger partial charge in [0.2, 0.25) is 0 Å². The highest BCUT2D eigenvalue weighted by Crippen LogP contribution is 2.18. The molecule has 1 unspecified atom stereocenters. The van der Waals surface area contributed by atoms with Crippen molar-refractivity contribution in [1.29, 1.82) is 0 Å². The molecule has 1 aromatic carbocycles. The van der Waals surface area contributed by atoms with Crippen LogP contribution in [0, 0.1) is 5.92 Å². The van der Waals surface area contributed by atoms with Gasteiger partial charge in [0.1, 0.15) is 11.5 Å². The number of nitrogens with two attached hydrogens (primary N) is 1. The molecule has 0 saturated heterocycles. The van der Waals surface area contributed by atoms with E-state index in [1.807, 2.05) is 6.07 Å². The Kier molecular flexibility index (Phi) is 4.98. The molecule has 0 heterocycles. The summed E-state index contributed by atoms with van der Waals surface area (Å²) in [6, 6.07) is 6.83. The van der Waals surface area contributed by atoms with Crippen molar-refractivity contribution in [2.45, 2.75) is 19.8 Å². The normalized spacial score (nSPS) is 12.4. The topological polar surface area (TPSA) is 55.5 Å². The van der Waals surface area contributed by atoms with E-state index in [4.69, 9.17) is 10.5 Å². The van der Waals surface area contributed by atoms with E-state index in [0.717, 1.165) is 12.8 Å². The maximum atomic E-state index is 9.23. The van der Waals surface area contributed by atoms with Gasteiger partial charge in [0.25, 0.3) is 0 Å². The predicted molar refractivity (Wildman–Crippen MR) is 61.1 cm³/mol. The first kappa shape index (κ1) is 11.9. The Hall–Kier alpha value is -1.22. The van der Waals surface area contributed by atoms with Gasteiger partial charge in [-0.3, -0.25) is 0 Å². The molecular formula is C12H19NO2. The van der Waals surface area contributed by atoms with Gasteiger partial charge in [-0.1, -0.05) is 19.4 Å². The molecule has 84 valence electrons. The second kappa shape index (κ2) is 6.30. The van der Waals surface area contributed by atoms with Gasteiger partial charge < -0.3 is 15.6 Å². The van der Waals surface area contributed by atoms with Crippen LogP contribution in [0.3, 0.4) is 0 Å². The summed E-state index contributed by atoms with van der Waals surface area (Å²) in [5.41, 5.74) is 5.62. The largest absolute Gasteiger partial charge is 0.508 e. The number of rotatable bonds is 6. The Bertz CT molecular complexity index is 289. The van der Waals surface area contributed by atoms with Crippen LogP contribution >= 0.6 is 0 Å². The quantitative estimate of drug-likeness (QED) is 0.754. The van der Waals surface area contributed by atoms with Crippen molar-refractivity contribution in [3.05, 3.63) is 24.3 Å². The van der Waals surface area contributed by atoms with E-state index in [1.54, 1.807) is 18.2 Å². The monoisotopic (exact) mass is 209 g/mol. The molecule has 3 N–H and O–H groups in total. The van der Waals surface area contributed by atoms with Crippen molar-refractivity contribution < 1.29 is 9.84 Å². The number of phenols is 1. The smallest absolute Gasteiger partial charge is 0.122 e. The first-order valence-corrected chi connectivity index (χ1v) is 5.38. The fourth-order valence-corrected chi connectivity index (χ4v) is 1.46. The lowest BCUT2D eigenvalue weighted by Gasteiger charge is -2.14. The van der Waals surface area contributed by atoms with Crippen LogP contribution in [0.5, 0.6) is 11.5 Å². The molecule has 1 atom stereocenters. The van der Waals surface area contributed by atoms with Crippen LogP contribution in [-0.4, -0.2) is 18.3 Å². The zero-order chi connectivity index (χ0) is 11.1. The number of hydrogen-bond acceptors (Lipinski definition) is 3. The number of ether oxygens (including phenoxy) is 1. The first-order chi connectivity index (χ1) is 7.26. The third-order valence-electron chi connectivity index (χ3n) is 2.33. The Morgan fingerprint density at radius 1 is 1.47 bits per heavy atom. The summed E-state index contributed by atoms with van der Waals surface area (Å²) < 4.78 is 5.55. The van der Waals surface area contributed by atoms with Gasteiger partial charge in [-0.15, -0.1) is 0 Å². The van der Waals surface area contributed by atoms with Gasteiger partial charge >= 0.3 is 0 Å². The summed E-state index contributed by atoms with van der Waals surface area (Å²) in [4.78, 5) is 0. The molecule has 0 saturated carbocycles. The SMILES string of the molecule is CCCC(CN)COc1cccc(O)c1. The van der Waals surface area contributed by atoms with Crippen LogP contribution in [0.2, 0.25) is 0 Å². The van der Waals surface area contributed by atoms with Crippen LogP contribution in [0.4, 0.5) is 0 Å². The van der Waals surface area contributed by atoms with Gasteiger partial charge in [0, 0.05) is 12.0 Å². The molecular weight excluding hydrogens is 190 g/mol. The molecule has 15 heavy (non-hydrogen) atoms. The Morgan fingerprint density at radius 3 is 2.87 bits per heavy atom. The molecule has 1 aromatic rings. The van der Waals surface area contributed by atoms with E-state index < -0.39 is 0 Å². The van der Waals surface area contributed by atoms with Gasteiger partial charge in [0.15, 0.2) is 0 Å². The lowest BCUT2D eigenvalue weighted by molar-refractivity contribution is 0.243. The van der Waals surface area contributed by atoms with E-state index in [0.29, 0.717) is 24.8 Å². The van der Waals surface area contributed by atoms with Crippen LogP contribution < -0.4 is 10.5 Å². The molecule has 0 amide bonds. The molecule has 0 radical (unpaired) electrons. The van der Waals surface area contributed by atoms with E-state index in [-0.39, 0.29) is 5.75 Å². The van der Waals surface area contributed by atoms with E-state index in [1.165, 1.54) is 0 Å². The minimum absolute atomic E-state index is 0.229. The number of hydrogen-bond donors (Lipinski definition) is 2. The zero-order valence-electron chi connectivity index (χ0n) is 9.15. The maximum absolute atomic E-state index is 9.23. The van der Waals surface area contributed by atoms with E-state index in [2.05, 4.69) is 6.92 Å². The van der Waals surface area contributed by atoms with Gasteiger partial charge in [-0.05, 0) is 25.1 Å². The molecule has 0 aliphatic heterocycles. The molecule has 1 rings (SSSR count). The fraction of sp³-hybridized carbons (Fsp3) is 0.500. The molecule has 3 nitrogen and oxygen atoms in total. The number of benzene rings is 1. The fourth-order valence-electron chi connectivity index (χ4n) is 1.46. The van der Waals surface area contributed by atoms with Crippen molar-refractivity contribution in [3.63, 3.8) is 0 Å². The Labute approximate surface area is 90.9 Å². The zero-order valence-corrected chi connectivity index (χ0v) is 9.15. The average molecular weight is 209 g/mol. The highest BCUT2D eigenvalue weighted by Gasteiger charge is 2.06. The second-order valence-corrected chi connectivity index (χ2v) is 3.70. The van der Waals surface area contributed by atoms with E-state index in [9.17, 15) is 5.11 Å². The third-order valence-corrected chi connectivity index (χ3v) is 2.33. The van der Waals surface area contributed by atoms with Gasteiger partial charge in [-0.25, -0.2) is 0 Å². The van der Waals surface area contributed by atoms with Gasteiger partial charge in [0.05, 0.1) is 6.61 Å². The summed E-state index contributed by atoms with van der Waals surface area (Å²) >= 11 is 0. The maximum Gasteiger partial charge on any atom is 0.122 e. The summed E-state index contributed by atoms with van der Waals surface area (Å²) in [5, 5.41) is 9.23. The predicted octanol–water partition coefficient (Wildman–Crippen LogP) is 2.15. The Balaban J connectivity index is 2.41. The molecule has 3 heteroatoms. The number of aromatic hydroxyl groups is 1. The van der Waals surface area contributed by atoms with E-state index >= 15 is 0 Å². The minimum Gasteiger partial charge on any atom is -0.508 e. The van der Waals surface area contributed by atoms with Crippen molar-refractivity contribution >= 4 is 0 Å². The van der Waals surface area contributed by atoms with Gasteiger partial charge in [-0.2, -0.15) is 0 Å². The highest BCUT2D eigenvalue weighted by molar-refractivity contribution is 5.31. The van der Waals surface area contributed by atoms with Crippen molar-refractivity contribution in [2.75, 3.05) is 13.2 Å². The lowest BCUT2D eigenvalue weighted by Crippen LogP contribution is -2.21.